The van der Waals surface area contributed by atoms with Crippen molar-refractivity contribution in [1.82, 2.24) is 14.8 Å². The number of nitrogens with zero attached hydrogens (tertiary/aromatic N) is 3. The van der Waals surface area contributed by atoms with Crippen LogP contribution in [0.15, 0.2) is 24.5 Å². The molecule has 0 bridgehead atoms. The largest absolute Gasteiger partial charge is 0.336 e. The summed E-state index contributed by atoms with van der Waals surface area (Å²) in [4.78, 5) is 20.6. The molecule has 2 aliphatic rings. The van der Waals surface area contributed by atoms with E-state index >= 15 is 0 Å². The first-order valence-corrected chi connectivity index (χ1v) is 6.28. The highest BCUT2D eigenvalue weighted by Crippen LogP contribution is 2.27. The summed E-state index contributed by atoms with van der Waals surface area (Å²) in [6.45, 7) is 3.78. The van der Waals surface area contributed by atoms with Gasteiger partial charge in [0, 0.05) is 50.2 Å². The number of rotatable bonds is 2. The highest BCUT2D eigenvalue weighted by atomic mass is 16.2. The molecule has 1 aromatic heterocycles. The molecule has 2 fully saturated rings. The Morgan fingerprint density at radius 2 is 1.76 bits per heavy atom. The summed E-state index contributed by atoms with van der Waals surface area (Å²) in [5.41, 5.74) is 0.750. The van der Waals surface area contributed by atoms with Crippen molar-refractivity contribution in [3.63, 3.8) is 0 Å². The van der Waals surface area contributed by atoms with Crippen LogP contribution in [-0.2, 0) is 0 Å². The lowest BCUT2D eigenvalue weighted by Crippen LogP contribution is -2.49. The lowest BCUT2D eigenvalue weighted by Gasteiger charge is -2.34. The highest BCUT2D eigenvalue weighted by Gasteiger charge is 2.32. The van der Waals surface area contributed by atoms with Gasteiger partial charge in [-0.2, -0.15) is 0 Å². The highest BCUT2D eigenvalue weighted by molar-refractivity contribution is 5.94. The van der Waals surface area contributed by atoms with Crippen LogP contribution in [0.2, 0.25) is 0 Å². The Labute approximate surface area is 101 Å². The van der Waals surface area contributed by atoms with Gasteiger partial charge >= 0.3 is 0 Å². The van der Waals surface area contributed by atoms with E-state index in [2.05, 4.69) is 9.88 Å². The van der Waals surface area contributed by atoms with Crippen LogP contribution in [0, 0.1) is 0 Å². The zero-order valence-electron chi connectivity index (χ0n) is 9.88. The Bertz CT molecular complexity index is 394. The van der Waals surface area contributed by atoms with E-state index in [0.29, 0.717) is 0 Å². The Balaban J connectivity index is 1.60. The monoisotopic (exact) mass is 231 g/mol. The topological polar surface area (TPSA) is 36.4 Å². The summed E-state index contributed by atoms with van der Waals surface area (Å²) in [6, 6.07) is 4.39. The minimum Gasteiger partial charge on any atom is -0.336 e. The number of carbonyl (C=O) groups is 1. The molecule has 0 aromatic carbocycles. The molecule has 0 unspecified atom stereocenters. The molecule has 2 heterocycles. The second-order valence-corrected chi connectivity index (χ2v) is 4.80. The predicted octanol–water partition coefficient (Wildman–Crippen LogP) is 1.00. The van der Waals surface area contributed by atoms with E-state index in [-0.39, 0.29) is 5.91 Å². The van der Waals surface area contributed by atoms with Gasteiger partial charge in [-0.15, -0.1) is 0 Å². The molecule has 0 radical (unpaired) electrons. The zero-order chi connectivity index (χ0) is 11.7. The number of aromatic nitrogens is 1. The van der Waals surface area contributed by atoms with Crippen molar-refractivity contribution >= 4 is 5.91 Å². The van der Waals surface area contributed by atoms with E-state index in [1.807, 2.05) is 4.90 Å². The summed E-state index contributed by atoms with van der Waals surface area (Å²) in [6.07, 6.45) is 6.04. The zero-order valence-corrected chi connectivity index (χ0v) is 9.88. The number of amides is 1. The lowest BCUT2D eigenvalue weighted by molar-refractivity contribution is 0.0627. The van der Waals surface area contributed by atoms with Crippen LogP contribution in [-0.4, -0.2) is 52.9 Å². The SMILES string of the molecule is O=C(c1ccncc1)N1CCN(C2CC2)CC1. The molecular formula is C13H17N3O. The average Bonchev–Trinajstić information content (AvgIpc) is 3.24. The molecule has 90 valence electrons. The van der Waals surface area contributed by atoms with Gasteiger partial charge in [-0.1, -0.05) is 0 Å². The minimum absolute atomic E-state index is 0.142. The van der Waals surface area contributed by atoms with Crippen molar-refractivity contribution in [2.45, 2.75) is 18.9 Å². The molecule has 1 saturated carbocycles. The maximum Gasteiger partial charge on any atom is 0.254 e. The van der Waals surface area contributed by atoms with Crippen molar-refractivity contribution in [2.75, 3.05) is 26.2 Å². The molecule has 0 atom stereocenters. The number of piperazine rings is 1. The number of hydrogen-bond donors (Lipinski definition) is 0. The third-order valence-corrected chi connectivity index (χ3v) is 3.59. The van der Waals surface area contributed by atoms with E-state index in [4.69, 9.17) is 0 Å². The first kappa shape index (κ1) is 10.7. The second-order valence-electron chi connectivity index (χ2n) is 4.80. The van der Waals surface area contributed by atoms with Crippen LogP contribution in [0.25, 0.3) is 0 Å². The molecule has 1 aromatic rings. The third kappa shape index (κ3) is 2.31. The Morgan fingerprint density at radius 1 is 1.12 bits per heavy atom. The predicted molar refractivity (Wildman–Crippen MR) is 64.7 cm³/mol. The van der Waals surface area contributed by atoms with E-state index < -0.39 is 0 Å². The lowest BCUT2D eigenvalue weighted by atomic mass is 10.2. The molecular weight excluding hydrogens is 214 g/mol. The Kier molecular flexibility index (Phi) is 2.81. The standard InChI is InChI=1S/C13H17N3O/c17-13(11-3-5-14-6-4-11)16-9-7-15(8-10-16)12-1-2-12/h3-6,12H,1-2,7-10H2. The number of hydrogen-bond acceptors (Lipinski definition) is 3. The van der Waals surface area contributed by atoms with E-state index in [1.54, 1.807) is 24.5 Å². The third-order valence-electron chi connectivity index (χ3n) is 3.59. The summed E-state index contributed by atoms with van der Waals surface area (Å²) in [7, 11) is 0. The molecule has 0 spiro atoms. The molecule has 0 N–H and O–H groups in total. The van der Waals surface area contributed by atoms with Gasteiger partial charge in [0.1, 0.15) is 0 Å². The van der Waals surface area contributed by atoms with Gasteiger partial charge in [0.15, 0.2) is 0 Å². The van der Waals surface area contributed by atoms with Crippen molar-refractivity contribution in [3.05, 3.63) is 30.1 Å². The molecule has 1 saturated heterocycles. The number of pyridine rings is 1. The van der Waals surface area contributed by atoms with E-state index in [1.165, 1.54) is 12.8 Å². The first-order chi connectivity index (χ1) is 8.34. The fraction of sp³-hybridized carbons (Fsp3) is 0.538. The fourth-order valence-corrected chi connectivity index (χ4v) is 2.41. The average molecular weight is 231 g/mol. The van der Waals surface area contributed by atoms with Crippen LogP contribution < -0.4 is 0 Å². The van der Waals surface area contributed by atoms with Gasteiger partial charge in [0.25, 0.3) is 5.91 Å². The Morgan fingerprint density at radius 3 is 2.35 bits per heavy atom. The van der Waals surface area contributed by atoms with Crippen LogP contribution in [0.3, 0.4) is 0 Å². The fourth-order valence-electron chi connectivity index (χ4n) is 2.41. The van der Waals surface area contributed by atoms with Crippen LogP contribution in [0.1, 0.15) is 23.2 Å². The summed E-state index contributed by atoms with van der Waals surface area (Å²) >= 11 is 0. The second kappa shape index (κ2) is 4.45. The maximum atomic E-state index is 12.2. The van der Waals surface area contributed by atoms with Gasteiger partial charge in [-0.25, -0.2) is 0 Å². The molecule has 3 rings (SSSR count). The molecule has 4 nitrogen and oxygen atoms in total. The number of carbonyl (C=O) groups excluding carboxylic acids is 1. The van der Waals surface area contributed by atoms with Crippen molar-refractivity contribution in [2.24, 2.45) is 0 Å². The maximum absolute atomic E-state index is 12.2. The molecule has 1 aliphatic carbocycles. The molecule has 1 amide bonds. The van der Waals surface area contributed by atoms with E-state index in [9.17, 15) is 4.79 Å². The van der Waals surface area contributed by atoms with Crippen molar-refractivity contribution in [3.8, 4) is 0 Å². The summed E-state index contributed by atoms with van der Waals surface area (Å²) in [5, 5.41) is 0. The van der Waals surface area contributed by atoms with Gasteiger partial charge in [-0.05, 0) is 25.0 Å². The minimum atomic E-state index is 0.142. The van der Waals surface area contributed by atoms with E-state index in [0.717, 1.165) is 37.8 Å². The van der Waals surface area contributed by atoms with Gasteiger partial charge in [0.2, 0.25) is 0 Å². The van der Waals surface area contributed by atoms with Gasteiger partial charge < -0.3 is 4.90 Å². The smallest absolute Gasteiger partial charge is 0.254 e. The van der Waals surface area contributed by atoms with Gasteiger partial charge in [-0.3, -0.25) is 14.7 Å². The van der Waals surface area contributed by atoms with Crippen LogP contribution in [0.4, 0.5) is 0 Å². The quantitative estimate of drug-likeness (QED) is 0.762. The van der Waals surface area contributed by atoms with Crippen molar-refractivity contribution in [1.29, 1.82) is 0 Å². The molecule has 4 heteroatoms. The normalized spacial score (nSPS) is 21.5. The summed E-state index contributed by atoms with van der Waals surface area (Å²) < 4.78 is 0. The van der Waals surface area contributed by atoms with Crippen LogP contribution in [0.5, 0.6) is 0 Å². The molecule has 1 aliphatic heterocycles. The molecule has 17 heavy (non-hydrogen) atoms. The summed E-state index contributed by atoms with van der Waals surface area (Å²) in [5.74, 6) is 0.142. The first-order valence-electron chi connectivity index (χ1n) is 6.28. The van der Waals surface area contributed by atoms with Crippen LogP contribution >= 0.6 is 0 Å². The van der Waals surface area contributed by atoms with Crippen molar-refractivity contribution < 1.29 is 4.79 Å². The Hall–Kier alpha value is -1.42. The van der Waals surface area contributed by atoms with Gasteiger partial charge in [0.05, 0.1) is 0 Å².